The van der Waals surface area contributed by atoms with Crippen LogP contribution in [0.15, 0.2) is 12.1 Å². The Bertz CT molecular complexity index is 505. The van der Waals surface area contributed by atoms with Gasteiger partial charge in [-0.25, -0.2) is 0 Å². The van der Waals surface area contributed by atoms with Gasteiger partial charge in [-0.05, 0) is 19.1 Å². The highest BCUT2D eigenvalue weighted by atomic mass is 35.5. The van der Waals surface area contributed by atoms with E-state index in [9.17, 15) is 18.0 Å². The molecule has 1 aromatic carbocycles. The zero-order valence-corrected chi connectivity index (χ0v) is 9.19. The molecular formula is C10H5ClF3NO2. The number of carbonyl (C=O) groups excluding carboxylic acids is 1. The second-order valence-electron chi connectivity index (χ2n) is 3.04. The molecule has 0 radical (unpaired) electrons. The normalized spacial score (nSPS) is 10.8. The number of halogens is 4. The van der Waals surface area contributed by atoms with Crippen molar-refractivity contribution in [2.45, 2.75) is 13.3 Å². The maximum absolute atomic E-state index is 12.1. The van der Waals surface area contributed by atoms with Crippen molar-refractivity contribution in [2.24, 2.45) is 0 Å². The number of ketones is 1. The largest absolute Gasteiger partial charge is 0.573 e. The van der Waals surface area contributed by atoms with Gasteiger partial charge in [-0.3, -0.25) is 4.79 Å². The van der Waals surface area contributed by atoms with Crippen molar-refractivity contribution in [2.75, 3.05) is 0 Å². The van der Waals surface area contributed by atoms with Gasteiger partial charge in [-0.2, -0.15) is 5.26 Å². The Morgan fingerprint density at radius 3 is 2.47 bits per heavy atom. The van der Waals surface area contributed by atoms with E-state index in [4.69, 9.17) is 16.9 Å². The fraction of sp³-hybridized carbons (Fsp3) is 0.200. The van der Waals surface area contributed by atoms with E-state index in [0.29, 0.717) is 0 Å². The van der Waals surface area contributed by atoms with Crippen LogP contribution in [0.25, 0.3) is 0 Å². The van der Waals surface area contributed by atoms with Gasteiger partial charge >= 0.3 is 6.36 Å². The first-order valence-corrected chi connectivity index (χ1v) is 4.62. The van der Waals surface area contributed by atoms with Crippen molar-refractivity contribution < 1.29 is 22.7 Å². The molecule has 0 N–H and O–H groups in total. The summed E-state index contributed by atoms with van der Waals surface area (Å²) in [5, 5.41) is 8.60. The van der Waals surface area contributed by atoms with Crippen LogP contribution in [0, 0.1) is 11.3 Å². The fourth-order valence-electron chi connectivity index (χ4n) is 1.24. The topological polar surface area (TPSA) is 50.1 Å². The SMILES string of the molecule is CC(=O)c1c(C#N)cc(Cl)cc1OC(F)(F)F. The van der Waals surface area contributed by atoms with Gasteiger partial charge in [0.05, 0.1) is 11.1 Å². The number of alkyl halides is 3. The summed E-state index contributed by atoms with van der Waals surface area (Å²) in [6.45, 7) is 1.04. The van der Waals surface area contributed by atoms with Crippen LogP contribution in [0.4, 0.5) is 13.2 Å². The molecule has 90 valence electrons. The maximum Gasteiger partial charge on any atom is 0.573 e. The van der Waals surface area contributed by atoms with E-state index < -0.39 is 23.5 Å². The Hall–Kier alpha value is -1.74. The third-order valence-corrected chi connectivity index (χ3v) is 1.98. The standard InChI is InChI=1S/C10H5ClF3NO2/c1-5(16)9-6(4-15)2-7(11)3-8(9)17-10(12,13)14/h2-3H,1H3. The average Bonchev–Trinajstić information content (AvgIpc) is 2.12. The molecule has 0 aromatic heterocycles. The van der Waals surface area contributed by atoms with Crippen molar-refractivity contribution >= 4 is 17.4 Å². The van der Waals surface area contributed by atoms with E-state index in [2.05, 4.69) is 4.74 Å². The molecule has 1 aromatic rings. The predicted octanol–water partition coefficient (Wildman–Crippen LogP) is 3.31. The minimum absolute atomic E-state index is 0.120. The number of hydrogen-bond acceptors (Lipinski definition) is 3. The Balaban J connectivity index is 3.42. The molecule has 0 atom stereocenters. The lowest BCUT2D eigenvalue weighted by Crippen LogP contribution is -2.19. The summed E-state index contributed by atoms with van der Waals surface area (Å²) in [6, 6.07) is 3.53. The van der Waals surface area contributed by atoms with E-state index in [1.165, 1.54) is 0 Å². The van der Waals surface area contributed by atoms with Gasteiger partial charge in [0.2, 0.25) is 0 Å². The molecule has 7 heteroatoms. The maximum atomic E-state index is 12.1. The Kier molecular flexibility index (Phi) is 3.63. The van der Waals surface area contributed by atoms with E-state index in [-0.39, 0.29) is 10.6 Å². The molecule has 0 fully saturated rings. The first-order valence-electron chi connectivity index (χ1n) is 4.25. The van der Waals surface area contributed by atoms with Crippen LogP contribution in [-0.4, -0.2) is 12.1 Å². The van der Waals surface area contributed by atoms with Crippen molar-refractivity contribution in [3.63, 3.8) is 0 Å². The first kappa shape index (κ1) is 13.3. The number of rotatable bonds is 2. The summed E-state index contributed by atoms with van der Waals surface area (Å²) in [6.07, 6.45) is -4.96. The zero-order valence-electron chi connectivity index (χ0n) is 8.43. The minimum Gasteiger partial charge on any atom is -0.405 e. The van der Waals surface area contributed by atoms with Crippen molar-refractivity contribution in [3.8, 4) is 11.8 Å². The van der Waals surface area contributed by atoms with Crippen LogP contribution in [0.1, 0.15) is 22.8 Å². The Labute approximate surface area is 99.4 Å². The van der Waals surface area contributed by atoms with Crippen LogP contribution < -0.4 is 4.74 Å². The molecule has 17 heavy (non-hydrogen) atoms. The quantitative estimate of drug-likeness (QED) is 0.769. The van der Waals surface area contributed by atoms with Crippen LogP contribution in [0.2, 0.25) is 5.02 Å². The number of ether oxygens (including phenoxy) is 1. The highest BCUT2D eigenvalue weighted by molar-refractivity contribution is 6.31. The molecule has 0 aliphatic carbocycles. The fourth-order valence-corrected chi connectivity index (χ4v) is 1.45. The highest BCUT2D eigenvalue weighted by Crippen LogP contribution is 2.32. The van der Waals surface area contributed by atoms with E-state index >= 15 is 0 Å². The molecule has 0 saturated heterocycles. The monoisotopic (exact) mass is 263 g/mol. The number of hydrogen-bond donors (Lipinski definition) is 0. The second kappa shape index (κ2) is 4.63. The Morgan fingerprint density at radius 1 is 1.47 bits per heavy atom. The van der Waals surface area contributed by atoms with Crippen LogP contribution >= 0.6 is 11.6 Å². The van der Waals surface area contributed by atoms with Gasteiger partial charge in [0.15, 0.2) is 5.78 Å². The molecule has 0 amide bonds. The third kappa shape index (κ3) is 3.36. The third-order valence-electron chi connectivity index (χ3n) is 1.77. The van der Waals surface area contributed by atoms with Crippen molar-refractivity contribution in [1.82, 2.24) is 0 Å². The van der Waals surface area contributed by atoms with Gasteiger partial charge in [-0.15, -0.1) is 13.2 Å². The summed E-state index contributed by atoms with van der Waals surface area (Å²) >= 11 is 5.52. The first-order chi connectivity index (χ1) is 7.74. The molecular weight excluding hydrogens is 259 g/mol. The van der Waals surface area contributed by atoms with Gasteiger partial charge in [0, 0.05) is 5.02 Å². The summed E-state index contributed by atoms with van der Waals surface area (Å²) in [5.74, 6) is -1.48. The van der Waals surface area contributed by atoms with Gasteiger partial charge in [-0.1, -0.05) is 11.6 Å². The summed E-state index contributed by atoms with van der Waals surface area (Å²) < 4.78 is 39.9. The second-order valence-corrected chi connectivity index (χ2v) is 3.48. The molecule has 0 aliphatic heterocycles. The number of carbonyl (C=O) groups is 1. The average molecular weight is 264 g/mol. The summed E-state index contributed by atoms with van der Waals surface area (Å²) in [5.41, 5.74) is -0.696. The molecule has 0 heterocycles. The number of nitrogens with zero attached hydrogens (tertiary/aromatic N) is 1. The molecule has 1 rings (SSSR count). The number of nitriles is 1. The zero-order chi connectivity index (χ0) is 13.2. The molecule has 0 bridgehead atoms. The van der Waals surface area contributed by atoms with E-state index in [0.717, 1.165) is 19.1 Å². The molecule has 0 spiro atoms. The van der Waals surface area contributed by atoms with Gasteiger partial charge in [0.1, 0.15) is 11.8 Å². The predicted molar refractivity (Wildman–Crippen MR) is 52.9 cm³/mol. The minimum atomic E-state index is -4.96. The van der Waals surface area contributed by atoms with Gasteiger partial charge in [0.25, 0.3) is 0 Å². The summed E-state index contributed by atoms with van der Waals surface area (Å²) in [7, 11) is 0. The molecule has 0 saturated carbocycles. The smallest absolute Gasteiger partial charge is 0.405 e. The highest BCUT2D eigenvalue weighted by Gasteiger charge is 2.33. The molecule has 0 aliphatic rings. The lowest BCUT2D eigenvalue weighted by molar-refractivity contribution is -0.274. The number of benzene rings is 1. The van der Waals surface area contributed by atoms with Crippen molar-refractivity contribution in [1.29, 1.82) is 5.26 Å². The van der Waals surface area contributed by atoms with Crippen LogP contribution in [0.3, 0.4) is 0 Å². The summed E-state index contributed by atoms with van der Waals surface area (Å²) in [4.78, 5) is 11.2. The Morgan fingerprint density at radius 2 is 2.06 bits per heavy atom. The van der Waals surface area contributed by atoms with E-state index in [1.807, 2.05) is 0 Å². The lowest BCUT2D eigenvalue weighted by Gasteiger charge is -2.13. The molecule has 3 nitrogen and oxygen atoms in total. The van der Waals surface area contributed by atoms with Crippen LogP contribution in [0.5, 0.6) is 5.75 Å². The molecule has 0 unspecified atom stereocenters. The number of Topliss-reactive ketones (excluding diaryl/α,β-unsaturated/α-hetero) is 1. The van der Waals surface area contributed by atoms with Crippen LogP contribution in [-0.2, 0) is 0 Å². The lowest BCUT2D eigenvalue weighted by atomic mass is 10.0. The van der Waals surface area contributed by atoms with E-state index in [1.54, 1.807) is 6.07 Å². The van der Waals surface area contributed by atoms with Crippen molar-refractivity contribution in [3.05, 3.63) is 28.3 Å². The van der Waals surface area contributed by atoms with Gasteiger partial charge < -0.3 is 4.74 Å².